The molecule has 0 spiro atoms. The van der Waals surface area contributed by atoms with Gasteiger partial charge in [-0.15, -0.1) is 24.0 Å². The molecule has 1 aromatic heterocycles. The van der Waals surface area contributed by atoms with Crippen LogP contribution in [-0.4, -0.2) is 37.2 Å². The van der Waals surface area contributed by atoms with Gasteiger partial charge in [0.15, 0.2) is 17.5 Å². The molecule has 1 saturated heterocycles. The maximum absolute atomic E-state index is 6.06. The van der Waals surface area contributed by atoms with Crippen LogP contribution in [0.3, 0.4) is 0 Å². The summed E-state index contributed by atoms with van der Waals surface area (Å²) in [6.07, 6.45) is 5.23. The van der Waals surface area contributed by atoms with E-state index in [9.17, 15) is 0 Å². The number of nitrogens with one attached hydrogen (secondary N) is 1. The molecule has 2 aromatic rings. The van der Waals surface area contributed by atoms with Crippen LogP contribution in [0.15, 0.2) is 41.5 Å². The van der Waals surface area contributed by atoms with Crippen molar-refractivity contribution in [1.29, 1.82) is 0 Å². The molecular weight excluding hydrogens is 493 g/mol. The van der Waals surface area contributed by atoms with Gasteiger partial charge < -0.3 is 25.4 Å². The average Bonchev–Trinajstić information content (AvgIpc) is 2.98. The molecule has 1 aromatic carbocycles. The fraction of sp³-hybridized carbons (Fsp3) is 0.455. The van der Waals surface area contributed by atoms with E-state index in [4.69, 9.17) is 15.2 Å². The zero-order valence-electron chi connectivity index (χ0n) is 17.3. The lowest BCUT2D eigenvalue weighted by Gasteiger charge is -2.31. The number of fused-ring (bicyclic) bond motifs is 1. The largest absolute Gasteiger partial charge is 0.490 e. The summed E-state index contributed by atoms with van der Waals surface area (Å²) < 4.78 is 11.4. The van der Waals surface area contributed by atoms with Crippen molar-refractivity contribution in [2.75, 3.05) is 36.5 Å². The van der Waals surface area contributed by atoms with Gasteiger partial charge in [-0.05, 0) is 42.5 Å². The number of aliphatic imine (C=N–C) groups is 1. The third kappa shape index (κ3) is 5.90. The molecule has 8 heteroatoms. The second-order valence-corrected chi connectivity index (χ2v) is 7.73. The van der Waals surface area contributed by atoms with Crippen molar-refractivity contribution in [3.63, 3.8) is 0 Å². The minimum atomic E-state index is 0. The summed E-state index contributed by atoms with van der Waals surface area (Å²) in [5.74, 6) is 3.70. The molecule has 2 aliphatic heterocycles. The monoisotopic (exact) mass is 523 g/mol. The van der Waals surface area contributed by atoms with Gasteiger partial charge in [0.1, 0.15) is 5.82 Å². The Balaban J connectivity index is 0.00000256. The highest BCUT2D eigenvalue weighted by atomic mass is 127. The van der Waals surface area contributed by atoms with Crippen LogP contribution in [0.2, 0.25) is 0 Å². The van der Waals surface area contributed by atoms with Gasteiger partial charge in [0.05, 0.1) is 19.8 Å². The number of ether oxygens (including phenoxy) is 2. The molecule has 0 aliphatic carbocycles. The summed E-state index contributed by atoms with van der Waals surface area (Å²) in [5.41, 5.74) is 7.91. The van der Waals surface area contributed by atoms with Gasteiger partial charge in [-0.3, -0.25) is 0 Å². The molecule has 3 heterocycles. The first-order valence-electron chi connectivity index (χ1n) is 10.3. The number of piperidine rings is 1. The van der Waals surface area contributed by atoms with Gasteiger partial charge in [0.25, 0.3) is 0 Å². The first kappa shape index (κ1) is 22.5. The Bertz CT molecular complexity index is 851. The van der Waals surface area contributed by atoms with Crippen LogP contribution in [0.1, 0.15) is 31.7 Å². The Kier molecular flexibility index (Phi) is 8.01. The molecule has 4 rings (SSSR count). The van der Waals surface area contributed by atoms with E-state index in [1.165, 1.54) is 12.8 Å². The summed E-state index contributed by atoms with van der Waals surface area (Å²) in [6, 6.07) is 9.84. The number of hydrogen-bond donors (Lipinski definition) is 2. The molecular formula is C22H30IN5O2. The molecule has 0 amide bonds. The van der Waals surface area contributed by atoms with Crippen molar-refractivity contribution < 1.29 is 9.47 Å². The summed E-state index contributed by atoms with van der Waals surface area (Å²) in [5, 5.41) is 3.11. The van der Waals surface area contributed by atoms with E-state index in [1.807, 2.05) is 24.4 Å². The van der Waals surface area contributed by atoms with Crippen LogP contribution in [0.5, 0.6) is 11.5 Å². The molecule has 3 N–H and O–H groups in total. The highest BCUT2D eigenvalue weighted by Gasteiger charge is 2.16. The van der Waals surface area contributed by atoms with E-state index < -0.39 is 0 Å². The first-order chi connectivity index (χ1) is 14.2. The van der Waals surface area contributed by atoms with Crippen LogP contribution in [0.4, 0.5) is 11.5 Å². The minimum absolute atomic E-state index is 0. The minimum Gasteiger partial charge on any atom is -0.490 e. The van der Waals surface area contributed by atoms with Crippen molar-refractivity contribution in [3.8, 4) is 11.5 Å². The number of benzene rings is 1. The summed E-state index contributed by atoms with van der Waals surface area (Å²) in [4.78, 5) is 11.4. The third-order valence-corrected chi connectivity index (χ3v) is 5.37. The quantitative estimate of drug-likeness (QED) is 0.358. The summed E-state index contributed by atoms with van der Waals surface area (Å²) in [7, 11) is 0. The molecule has 0 unspecified atom stereocenters. The zero-order chi connectivity index (χ0) is 20.1. The molecule has 1 fully saturated rings. The highest BCUT2D eigenvalue weighted by Crippen LogP contribution is 2.32. The van der Waals surface area contributed by atoms with Gasteiger partial charge in [-0.1, -0.05) is 13.0 Å². The van der Waals surface area contributed by atoms with Crippen molar-refractivity contribution in [3.05, 3.63) is 42.1 Å². The standard InChI is InChI=1S/C22H29N5O2.HI/c1-16-7-9-27(10-8-16)21-6-3-17(14-24-21)15-25-22(23)26-18-4-5-19-20(13-18)29-12-2-11-28-19;/h3-6,13-14,16H,2,7-12,15H2,1H3,(H3,23,25,26);1H. The van der Waals surface area contributed by atoms with Crippen LogP contribution in [0, 0.1) is 5.92 Å². The number of hydrogen-bond acceptors (Lipinski definition) is 5. The van der Waals surface area contributed by atoms with Crippen molar-refractivity contribution in [2.24, 2.45) is 16.6 Å². The van der Waals surface area contributed by atoms with Crippen LogP contribution < -0.4 is 25.4 Å². The number of nitrogens with zero attached hydrogens (tertiary/aromatic N) is 3. The number of pyridine rings is 1. The zero-order valence-corrected chi connectivity index (χ0v) is 19.7. The van der Waals surface area contributed by atoms with Gasteiger partial charge in [-0.25, -0.2) is 9.98 Å². The molecule has 162 valence electrons. The van der Waals surface area contributed by atoms with E-state index in [0.717, 1.165) is 54.0 Å². The fourth-order valence-electron chi connectivity index (χ4n) is 3.54. The Morgan fingerprint density at radius 1 is 1.17 bits per heavy atom. The van der Waals surface area contributed by atoms with E-state index in [2.05, 4.69) is 39.2 Å². The maximum Gasteiger partial charge on any atom is 0.193 e. The van der Waals surface area contributed by atoms with Gasteiger partial charge in [0, 0.05) is 37.5 Å². The lowest BCUT2D eigenvalue weighted by Crippen LogP contribution is -2.33. The predicted molar refractivity (Wildman–Crippen MR) is 131 cm³/mol. The van der Waals surface area contributed by atoms with Crippen LogP contribution in [0.25, 0.3) is 0 Å². The molecule has 0 radical (unpaired) electrons. The number of aromatic nitrogens is 1. The Morgan fingerprint density at radius 2 is 1.93 bits per heavy atom. The average molecular weight is 523 g/mol. The van der Waals surface area contributed by atoms with Gasteiger partial charge >= 0.3 is 0 Å². The van der Waals surface area contributed by atoms with E-state index >= 15 is 0 Å². The molecule has 0 saturated carbocycles. The summed E-state index contributed by atoms with van der Waals surface area (Å²) in [6.45, 7) is 6.28. The second kappa shape index (κ2) is 10.7. The molecule has 0 bridgehead atoms. The normalized spacial score (nSPS) is 17.1. The van der Waals surface area contributed by atoms with Crippen LogP contribution in [-0.2, 0) is 6.54 Å². The number of nitrogens with two attached hydrogens (primary N) is 1. The fourth-order valence-corrected chi connectivity index (χ4v) is 3.54. The topological polar surface area (TPSA) is 85.0 Å². The predicted octanol–water partition coefficient (Wildman–Crippen LogP) is 4.02. The number of guanidine groups is 1. The SMILES string of the molecule is CC1CCN(c2ccc(CN=C(N)Nc3ccc4c(c3)OCCCO4)cn2)CC1.I. The van der Waals surface area contributed by atoms with Gasteiger partial charge in [-0.2, -0.15) is 0 Å². The molecule has 7 nitrogen and oxygen atoms in total. The van der Waals surface area contributed by atoms with Crippen molar-refractivity contribution >= 4 is 41.4 Å². The van der Waals surface area contributed by atoms with E-state index in [0.29, 0.717) is 25.7 Å². The smallest absolute Gasteiger partial charge is 0.193 e. The van der Waals surface area contributed by atoms with Crippen molar-refractivity contribution in [1.82, 2.24) is 4.98 Å². The van der Waals surface area contributed by atoms with E-state index in [1.54, 1.807) is 0 Å². The number of halogens is 1. The molecule has 30 heavy (non-hydrogen) atoms. The van der Waals surface area contributed by atoms with Gasteiger partial charge in [0.2, 0.25) is 0 Å². The lowest BCUT2D eigenvalue weighted by molar-refractivity contribution is 0.297. The Labute approximate surface area is 195 Å². The molecule has 0 atom stereocenters. The lowest BCUT2D eigenvalue weighted by atomic mass is 9.99. The summed E-state index contributed by atoms with van der Waals surface area (Å²) >= 11 is 0. The number of rotatable bonds is 4. The van der Waals surface area contributed by atoms with Crippen LogP contribution >= 0.6 is 24.0 Å². The Morgan fingerprint density at radius 3 is 2.67 bits per heavy atom. The van der Waals surface area contributed by atoms with Crippen molar-refractivity contribution in [2.45, 2.75) is 32.7 Å². The van der Waals surface area contributed by atoms with E-state index in [-0.39, 0.29) is 24.0 Å². The first-order valence-corrected chi connectivity index (χ1v) is 10.3. The third-order valence-electron chi connectivity index (χ3n) is 5.37. The Hall–Kier alpha value is -2.23. The maximum atomic E-state index is 6.06. The highest BCUT2D eigenvalue weighted by molar-refractivity contribution is 14.0. The second-order valence-electron chi connectivity index (χ2n) is 7.73. The number of anilines is 2. The molecule has 2 aliphatic rings.